The van der Waals surface area contributed by atoms with Crippen molar-refractivity contribution in [3.05, 3.63) is 34.1 Å². The molecular weight excluding hydrogens is 407 g/mol. The Morgan fingerprint density at radius 3 is 2.68 bits per heavy atom. The Bertz CT molecular complexity index is 835. The van der Waals surface area contributed by atoms with Crippen molar-refractivity contribution in [2.75, 3.05) is 12.1 Å². The highest BCUT2D eigenvalue weighted by Gasteiger charge is 2.39. The van der Waals surface area contributed by atoms with Gasteiger partial charge in [-0.25, -0.2) is 0 Å². The van der Waals surface area contributed by atoms with Gasteiger partial charge in [-0.05, 0) is 41.9 Å². The summed E-state index contributed by atoms with van der Waals surface area (Å²) in [5, 5.41) is 6.17. The molecule has 0 saturated heterocycles. The first-order chi connectivity index (χ1) is 11.7. The number of anilines is 1. The molecule has 2 aromatic rings. The normalized spacial score (nSPS) is 14.5. The van der Waals surface area contributed by atoms with Crippen LogP contribution in [0.4, 0.5) is 18.9 Å². The largest absolute Gasteiger partial charge is 0.454 e. The van der Waals surface area contributed by atoms with Gasteiger partial charge in [0.25, 0.3) is 0 Å². The van der Waals surface area contributed by atoms with E-state index in [0.29, 0.717) is 17.2 Å². The predicted octanol–water partition coefficient (Wildman–Crippen LogP) is 3.90. The predicted molar refractivity (Wildman–Crippen MR) is 85.6 cm³/mol. The van der Waals surface area contributed by atoms with Gasteiger partial charge in [0, 0.05) is 11.8 Å². The smallest absolute Gasteiger partial charge is 0.436 e. The number of amides is 1. The highest BCUT2D eigenvalue weighted by molar-refractivity contribution is 9.10. The van der Waals surface area contributed by atoms with E-state index in [2.05, 4.69) is 26.3 Å². The van der Waals surface area contributed by atoms with Gasteiger partial charge in [0.1, 0.15) is 6.04 Å². The summed E-state index contributed by atoms with van der Waals surface area (Å²) in [6.45, 7) is 3.02. The summed E-state index contributed by atoms with van der Waals surface area (Å²) in [5.41, 5.74) is -0.408. The number of nitrogens with zero attached hydrogens (tertiary/aromatic N) is 2. The Morgan fingerprint density at radius 2 is 2.04 bits per heavy atom. The standard InChI is InChI=1S/C15H13BrF3N3O3/c1-7-12(16)13(15(17,18)19)21-22(7)8(2)14(23)20-9-3-4-10-11(5-9)25-6-24-10/h3-5,8H,6H2,1-2H3,(H,20,23). The number of halogens is 4. The number of rotatable bonds is 3. The van der Waals surface area contributed by atoms with Crippen LogP contribution in [0.25, 0.3) is 0 Å². The van der Waals surface area contributed by atoms with E-state index in [1.807, 2.05) is 0 Å². The molecule has 1 atom stereocenters. The van der Waals surface area contributed by atoms with Crippen LogP contribution in [0, 0.1) is 6.92 Å². The second-order valence-corrected chi connectivity index (χ2v) is 6.22. The van der Waals surface area contributed by atoms with E-state index in [-0.39, 0.29) is 17.0 Å². The summed E-state index contributed by atoms with van der Waals surface area (Å²) in [4.78, 5) is 12.4. The molecule has 1 N–H and O–H groups in total. The molecule has 25 heavy (non-hydrogen) atoms. The van der Waals surface area contributed by atoms with E-state index in [1.165, 1.54) is 13.8 Å². The molecule has 0 aliphatic carbocycles. The Hall–Kier alpha value is -2.23. The SMILES string of the molecule is Cc1c(Br)c(C(F)(F)F)nn1C(C)C(=O)Nc1ccc2c(c1)OCO2. The van der Waals surface area contributed by atoms with Crippen LogP contribution in [0.3, 0.4) is 0 Å². The van der Waals surface area contributed by atoms with Crippen molar-refractivity contribution in [3.8, 4) is 11.5 Å². The first kappa shape index (κ1) is 17.6. The Labute approximate surface area is 149 Å². The third-order valence-corrected chi connectivity index (χ3v) is 4.68. The molecule has 0 spiro atoms. The highest BCUT2D eigenvalue weighted by Crippen LogP contribution is 2.37. The number of alkyl halides is 3. The summed E-state index contributed by atoms with van der Waals surface area (Å²) in [6.07, 6.45) is -4.61. The van der Waals surface area contributed by atoms with E-state index in [0.717, 1.165) is 4.68 Å². The van der Waals surface area contributed by atoms with Crippen LogP contribution < -0.4 is 14.8 Å². The number of aromatic nitrogens is 2. The number of hydrogen-bond donors (Lipinski definition) is 1. The van der Waals surface area contributed by atoms with Gasteiger partial charge in [0.05, 0.1) is 10.2 Å². The van der Waals surface area contributed by atoms with Crippen LogP contribution in [0.5, 0.6) is 11.5 Å². The van der Waals surface area contributed by atoms with Crippen LogP contribution in [-0.4, -0.2) is 22.5 Å². The first-order valence-electron chi connectivity index (χ1n) is 7.21. The molecule has 0 radical (unpaired) electrons. The highest BCUT2D eigenvalue weighted by atomic mass is 79.9. The number of carbonyl (C=O) groups excluding carboxylic acids is 1. The van der Waals surface area contributed by atoms with Crippen LogP contribution >= 0.6 is 15.9 Å². The van der Waals surface area contributed by atoms with Crippen molar-refractivity contribution >= 4 is 27.5 Å². The van der Waals surface area contributed by atoms with Gasteiger partial charge in [-0.1, -0.05) is 0 Å². The zero-order valence-electron chi connectivity index (χ0n) is 13.1. The molecule has 1 aromatic heterocycles. The van der Waals surface area contributed by atoms with Crippen LogP contribution in [-0.2, 0) is 11.0 Å². The molecule has 2 heterocycles. The quantitative estimate of drug-likeness (QED) is 0.818. The van der Waals surface area contributed by atoms with Gasteiger partial charge < -0.3 is 14.8 Å². The minimum Gasteiger partial charge on any atom is -0.454 e. The average molecular weight is 420 g/mol. The minimum absolute atomic E-state index is 0.101. The molecule has 1 aliphatic rings. The van der Waals surface area contributed by atoms with E-state index in [9.17, 15) is 18.0 Å². The van der Waals surface area contributed by atoms with Gasteiger partial charge in [-0.2, -0.15) is 18.3 Å². The maximum atomic E-state index is 12.9. The molecule has 0 saturated carbocycles. The van der Waals surface area contributed by atoms with E-state index >= 15 is 0 Å². The zero-order valence-corrected chi connectivity index (χ0v) is 14.7. The third kappa shape index (κ3) is 3.30. The van der Waals surface area contributed by atoms with Gasteiger partial charge >= 0.3 is 6.18 Å². The van der Waals surface area contributed by atoms with Gasteiger partial charge in [-0.15, -0.1) is 0 Å². The second kappa shape index (κ2) is 6.25. The Kier molecular flexibility index (Phi) is 4.40. The lowest BCUT2D eigenvalue weighted by molar-refractivity contribution is -0.142. The summed E-state index contributed by atoms with van der Waals surface area (Å²) in [7, 11) is 0. The number of carbonyl (C=O) groups is 1. The van der Waals surface area contributed by atoms with Gasteiger partial charge in [0.2, 0.25) is 12.7 Å². The molecule has 134 valence electrons. The second-order valence-electron chi connectivity index (χ2n) is 5.42. The lowest BCUT2D eigenvalue weighted by atomic mass is 10.2. The first-order valence-corrected chi connectivity index (χ1v) is 8.00. The van der Waals surface area contributed by atoms with Crippen molar-refractivity contribution < 1.29 is 27.4 Å². The van der Waals surface area contributed by atoms with Gasteiger partial charge in [0.15, 0.2) is 17.2 Å². The fourth-order valence-electron chi connectivity index (χ4n) is 2.39. The van der Waals surface area contributed by atoms with Crippen molar-refractivity contribution in [3.63, 3.8) is 0 Å². The van der Waals surface area contributed by atoms with Crippen molar-refractivity contribution in [2.45, 2.75) is 26.1 Å². The molecular formula is C15H13BrF3N3O3. The van der Waals surface area contributed by atoms with Crippen LogP contribution in [0.2, 0.25) is 0 Å². The number of hydrogen-bond acceptors (Lipinski definition) is 4. The fraction of sp³-hybridized carbons (Fsp3) is 0.333. The lowest BCUT2D eigenvalue weighted by Gasteiger charge is -2.15. The van der Waals surface area contributed by atoms with Crippen molar-refractivity contribution in [1.82, 2.24) is 9.78 Å². The average Bonchev–Trinajstić information content (AvgIpc) is 3.11. The number of nitrogens with one attached hydrogen (secondary N) is 1. The lowest BCUT2D eigenvalue weighted by Crippen LogP contribution is -2.25. The molecule has 0 fully saturated rings. The number of fused-ring (bicyclic) bond motifs is 1. The van der Waals surface area contributed by atoms with Crippen molar-refractivity contribution in [2.24, 2.45) is 0 Å². The molecule has 1 unspecified atom stereocenters. The topological polar surface area (TPSA) is 65.4 Å². The number of benzene rings is 1. The van der Waals surface area contributed by atoms with Crippen LogP contribution in [0.1, 0.15) is 24.4 Å². The maximum absolute atomic E-state index is 12.9. The summed E-state index contributed by atoms with van der Waals surface area (Å²) >= 11 is 2.89. The molecule has 1 amide bonds. The molecule has 0 bridgehead atoms. The minimum atomic E-state index is -4.61. The molecule has 1 aliphatic heterocycles. The third-order valence-electron chi connectivity index (χ3n) is 3.73. The summed E-state index contributed by atoms with van der Waals surface area (Å²) in [5.74, 6) is 0.543. The number of ether oxygens (including phenoxy) is 2. The van der Waals surface area contributed by atoms with E-state index < -0.39 is 23.8 Å². The molecule has 10 heteroatoms. The molecule has 3 rings (SSSR count). The molecule has 6 nitrogen and oxygen atoms in total. The van der Waals surface area contributed by atoms with Crippen molar-refractivity contribution in [1.29, 1.82) is 0 Å². The monoisotopic (exact) mass is 419 g/mol. The van der Waals surface area contributed by atoms with Gasteiger partial charge in [-0.3, -0.25) is 9.48 Å². The fourth-order valence-corrected chi connectivity index (χ4v) is 2.87. The Balaban J connectivity index is 1.81. The van der Waals surface area contributed by atoms with E-state index in [4.69, 9.17) is 9.47 Å². The zero-order chi connectivity index (χ0) is 18.4. The van der Waals surface area contributed by atoms with E-state index in [1.54, 1.807) is 18.2 Å². The van der Waals surface area contributed by atoms with Crippen LogP contribution in [0.15, 0.2) is 22.7 Å². The maximum Gasteiger partial charge on any atom is 0.436 e. The molecule has 1 aromatic carbocycles. The Morgan fingerprint density at radius 1 is 1.36 bits per heavy atom. The summed E-state index contributed by atoms with van der Waals surface area (Å²) < 4.78 is 50.1. The summed E-state index contributed by atoms with van der Waals surface area (Å²) in [6, 6.07) is 3.89.